The summed E-state index contributed by atoms with van der Waals surface area (Å²) in [5.74, 6) is -0.879. The van der Waals surface area contributed by atoms with E-state index in [0.29, 0.717) is 28.6 Å². The third-order valence-corrected chi connectivity index (χ3v) is 8.47. The molecule has 1 atom stereocenters. The van der Waals surface area contributed by atoms with Crippen LogP contribution < -0.4 is 16.0 Å². The van der Waals surface area contributed by atoms with Crippen molar-refractivity contribution in [3.05, 3.63) is 54.6 Å². The Balaban J connectivity index is 1.58. The predicted molar refractivity (Wildman–Crippen MR) is 133 cm³/mol. The van der Waals surface area contributed by atoms with Crippen LogP contribution in [-0.4, -0.2) is 54.5 Å². The SMILES string of the molecule is Cc1nc(C)c(Cn2c(=O)n(C3CN(C(=O)C(F)Cl)C3)c(=O)c3cc(SNC4(O)CC4)ccc32)s1. The molecular formula is C22H23ClFN5O4S2. The number of nitrogens with one attached hydrogen (secondary N) is 1. The van der Waals surface area contributed by atoms with Crippen LogP contribution in [0.2, 0.25) is 0 Å². The minimum atomic E-state index is -2.16. The number of halogens is 2. The molecule has 2 fully saturated rings. The third kappa shape index (κ3) is 4.65. The predicted octanol–water partition coefficient (Wildman–Crippen LogP) is 2.28. The molecule has 3 aromatic rings. The Hall–Kier alpha value is -2.25. The molecule has 9 nitrogen and oxygen atoms in total. The van der Waals surface area contributed by atoms with Gasteiger partial charge in [-0.3, -0.25) is 18.7 Å². The van der Waals surface area contributed by atoms with Gasteiger partial charge in [-0.05, 0) is 56.8 Å². The summed E-state index contributed by atoms with van der Waals surface area (Å²) >= 11 is 7.97. The minimum Gasteiger partial charge on any atom is -0.375 e. The van der Waals surface area contributed by atoms with Crippen molar-refractivity contribution in [2.75, 3.05) is 13.1 Å². The lowest BCUT2D eigenvalue weighted by Crippen LogP contribution is -2.58. The molecule has 0 radical (unpaired) electrons. The third-order valence-electron chi connectivity index (χ3n) is 6.25. The van der Waals surface area contributed by atoms with Crippen molar-refractivity contribution in [1.82, 2.24) is 23.7 Å². The van der Waals surface area contributed by atoms with Gasteiger partial charge in [-0.25, -0.2) is 18.9 Å². The number of rotatable bonds is 7. The summed E-state index contributed by atoms with van der Waals surface area (Å²) in [6.07, 6.45) is 1.32. The van der Waals surface area contributed by atoms with Gasteiger partial charge in [-0.1, -0.05) is 11.6 Å². The number of carbonyl (C=O) groups excluding carboxylic acids is 1. The number of carbonyl (C=O) groups is 1. The first-order valence-corrected chi connectivity index (χ1v) is 13.1. The number of likely N-dealkylation sites (tertiary alicyclic amines) is 1. The Kier molecular flexibility index (Phi) is 6.29. The zero-order chi connectivity index (χ0) is 25.1. The van der Waals surface area contributed by atoms with E-state index in [2.05, 4.69) is 9.71 Å². The van der Waals surface area contributed by atoms with E-state index in [1.807, 2.05) is 13.8 Å². The summed E-state index contributed by atoms with van der Waals surface area (Å²) < 4.78 is 18.9. The highest BCUT2D eigenvalue weighted by atomic mass is 35.5. The molecule has 2 aromatic heterocycles. The molecule has 13 heteroatoms. The van der Waals surface area contributed by atoms with Crippen molar-refractivity contribution in [1.29, 1.82) is 0 Å². The molecule has 0 bridgehead atoms. The van der Waals surface area contributed by atoms with Crippen LogP contribution in [0.4, 0.5) is 4.39 Å². The molecule has 3 heterocycles. The van der Waals surface area contributed by atoms with Crippen molar-refractivity contribution in [3.8, 4) is 0 Å². The van der Waals surface area contributed by atoms with Crippen LogP contribution in [0.15, 0.2) is 32.7 Å². The molecule has 35 heavy (non-hydrogen) atoms. The maximum absolute atomic E-state index is 13.6. The van der Waals surface area contributed by atoms with Crippen LogP contribution in [0.1, 0.15) is 34.5 Å². The van der Waals surface area contributed by atoms with E-state index in [1.165, 1.54) is 32.8 Å². The molecule has 2 N–H and O–H groups in total. The second kappa shape index (κ2) is 9.00. The number of benzene rings is 1. The number of thiazole rings is 1. The highest BCUT2D eigenvalue weighted by molar-refractivity contribution is 7.97. The van der Waals surface area contributed by atoms with Crippen molar-refractivity contribution in [2.24, 2.45) is 0 Å². The van der Waals surface area contributed by atoms with Crippen LogP contribution in [-0.2, 0) is 11.3 Å². The second-order valence-corrected chi connectivity index (χ2v) is 11.4. The van der Waals surface area contributed by atoms with Gasteiger partial charge < -0.3 is 10.0 Å². The van der Waals surface area contributed by atoms with E-state index in [4.69, 9.17) is 11.6 Å². The molecule has 5 rings (SSSR count). The van der Waals surface area contributed by atoms with E-state index in [0.717, 1.165) is 20.1 Å². The second-order valence-electron chi connectivity index (χ2n) is 8.90. The first-order valence-electron chi connectivity index (χ1n) is 11.0. The fourth-order valence-electron chi connectivity index (χ4n) is 4.08. The molecule has 1 aromatic carbocycles. The lowest BCUT2D eigenvalue weighted by Gasteiger charge is -2.39. The van der Waals surface area contributed by atoms with Crippen LogP contribution in [0.25, 0.3) is 10.9 Å². The fraction of sp³-hybridized carbons (Fsp3) is 0.455. The zero-order valence-corrected chi connectivity index (χ0v) is 21.3. The van der Waals surface area contributed by atoms with Crippen molar-refractivity contribution < 1.29 is 14.3 Å². The Morgan fingerprint density at radius 1 is 1.37 bits per heavy atom. The highest BCUT2D eigenvalue weighted by Gasteiger charge is 2.40. The summed E-state index contributed by atoms with van der Waals surface area (Å²) in [5, 5.41) is 11.3. The summed E-state index contributed by atoms with van der Waals surface area (Å²) in [5.41, 5.74) is -2.74. The van der Waals surface area contributed by atoms with Gasteiger partial charge in [0.1, 0.15) is 5.72 Å². The van der Waals surface area contributed by atoms with Gasteiger partial charge in [-0.2, -0.15) is 0 Å². The molecule has 1 saturated heterocycles. The van der Waals surface area contributed by atoms with Crippen molar-refractivity contribution in [2.45, 2.75) is 55.5 Å². The molecule has 1 amide bonds. The number of alkyl halides is 2. The van der Waals surface area contributed by atoms with E-state index in [9.17, 15) is 23.9 Å². The van der Waals surface area contributed by atoms with Crippen LogP contribution >= 0.6 is 34.9 Å². The number of fused-ring (bicyclic) bond motifs is 1. The molecule has 186 valence electrons. The normalized spacial score (nSPS) is 18.0. The van der Waals surface area contributed by atoms with E-state index >= 15 is 0 Å². The van der Waals surface area contributed by atoms with Crippen LogP contribution in [0, 0.1) is 13.8 Å². The monoisotopic (exact) mass is 539 g/mol. The van der Waals surface area contributed by atoms with Crippen molar-refractivity contribution >= 4 is 51.7 Å². The first-order chi connectivity index (χ1) is 16.6. The minimum absolute atomic E-state index is 0.0222. The summed E-state index contributed by atoms with van der Waals surface area (Å²) in [7, 11) is 0. The molecular weight excluding hydrogens is 517 g/mol. The van der Waals surface area contributed by atoms with Gasteiger partial charge in [0.15, 0.2) is 0 Å². The lowest BCUT2D eigenvalue weighted by atomic mass is 10.1. The van der Waals surface area contributed by atoms with Crippen LogP contribution in [0.3, 0.4) is 0 Å². The number of hydrogen-bond acceptors (Lipinski definition) is 8. The molecule has 1 unspecified atom stereocenters. The number of nitrogens with zero attached hydrogens (tertiary/aromatic N) is 4. The largest absolute Gasteiger partial charge is 0.375 e. The molecule has 1 saturated carbocycles. The molecule has 0 spiro atoms. The number of hydrogen-bond donors (Lipinski definition) is 2. The maximum atomic E-state index is 13.6. The molecule has 1 aliphatic heterocycles. The first kappa shape index (κ1) is 24.4. The van der Waals surface area contributed by atoms with Gasteiger partial charge >= 0.3 is 5.69 Å². The highest BCUT2D eigenvalue weighted by Crippen LogP contribution is 2.35. The number of amides is 1. The topological polar surface area (TPSA) is 109 Å². The van der Waals surface area contributed by atoms with E-state index < -0.39 is 34.6 Å². The van der Waals surface area contributed by atoms with Gasteiger partial charge in [0.25, 0.3) is 17.1 Å². The van der Waals surface area contributed by atoms with Crippen molar-refractivity contribution in [3.63, 3.8) is 0 Å². The standard InChI is InChI=1S/C22H23ClFN5O4S2/c1-11-17(34-12(2)25-11)10-28-16-4-3-14(35-26-22(33)5-6-22)7-15(16)19(30)29(21(28)32)13-8-27(9-13)20(31)18(23)24/h3-4,7,13,18,26,33H,5-6,8-10H2,1-2H3. The summed E-state index contributed by atoms with van der Waals surface area (Å²) in [6, 6.07) is 4.62. The van der Waals surface area contributed by atoms with Crippen LogP contribution in [0.5, 0.6) is 0 Å². The quantitative estimate of drug-likeness (QED) is 0.269. The Labute approximate surface area is 212 Å². The zero-order valence-electron chi connectivity index (χ0n) is 19.0. The summed E-state index contributed by atoms with van der Waals surface area (Å²) in [6.45, 7) is 4.05. The van der Waals surface area contributed by atoms with Gasteiger partial charge in [0.05, 0.1) is 34.2 Å². The average Bonchev–Trinajstić information content (AvgIpc) is 3.43. The Morgan fingerprint density at radius 3 is 2.69 bits per heavy atom. The summed E-state index contributed by atoms with van der Waals surface area (Å²) in [4.78, 5) is 46.2. The number of aliphatic hydroxyl groups is 1. The molecule has 2 aliphatic rings. The Bertz CT molecular complexity index is 1440. The number of aromatic nitrogens is 3. The van der Waals surface area contributed by atoms with Gasteiger partial charge in [0, 0.05) is 22.9 Å². The maximum Gasteiger partial charge on any atom is 0.332 e. The van der Waals surface area contributed by atoms with E-state index in [-0.39, 0.29) is 19.6 Å². The number of aryl methyl sites for hydroxylation is 2. The lowest BCUT2D eigenvalue weighted by molar-refractivity contribution is -0.139. The van der Waals surface area contributed by atoms with Gasteiger partial charge in [-0.15, -0.1) is 11.3 Å². The smallest absolute Gasteiger partial charge is 0.332 e. The van der Waals surface area contributed by atoms with E-state index in [1.54, 1.807) is 18.2 Å². The van der Waals surface area contributed by atoms with Gasteiger partial charge in [0.2, 0.25) is 0 Å². The fourth-order valence-corrected chi connectivity index (χ4v) is 5.97. The average molecular weight is 540 g/mol. The molecule has 1 aliphatic carbocycles. The Morgan fingerprint density at radius 2 is 2.09 bits per heavy atom.